The average Bonchev–Trinajstić information content (AvgIpc) is 2.71. The molecule has 0 unspecified atom stereocenters. The van der Waals surface area contributed by atoms with Crippen molar-refractivity contribution < 1.29 is 19.1 Å². The van der Waals surface area contributed by atoms with Crippen LogP contribution < -0.4 is 14.8 Å². The van der Waals surface area contributed by atoms with Crippen LogP contribution in [0, 0.1) is 5.92 Å². The van der Waals surface area contributed by atoms with Crippen LogP contribution in [-0.2, 0) is 11.3 Å². The van der Waals surface area contributed by atoms with Crippen molar-refractivity contribution in [3.63, 3.8) is 0 Å². The van der Waals surface area contributed by atoms with Crippen molar-refractivity contribution in [2.75, 3.05) is 21.3 Å². The topological polar surface area (TPSA) is 67.9 Å². The van der Waals surface area contributed by atoms with E-state index in [9.17, 15) is 9.59 Å². The third-order valence-electron chi connectivity index (χ3n) is 4.59. The van der Waals surface area contributed by atoms with Crippen LogP contribution in [0.5, 0.6) is 11.5 Å². The normalized spacial score (nSPS) is 11.7. The quantitative estimate of drug-likeness (QED) is 0.708. The Labute approximate surface area is 176 Å². The molecule has 2 amide bonds. The SMILES string of the molecule is COc1cccc(CN(C)C(=O)[C@@H](NC(=O)c2ccc(Cl)cc2)C(C)C)c1OC. The number of hydrogen-bond donors (Lipinski definition) is 1. The van der Waals surface area contributed by atoms with Crippen molar-refractivity contribution in [2.45, 2.75) is 26.4 Å². The molecule has 2 rings (SSSR count). The highest BCUT2D eigenvalue weighted by molar-refractivity contribution is 6.30. The van der Waals surface area contributed by atoms with Gasteiger partial charge in [0.1, 0.15) is 6.04 Å². The lowest BCUT2D eigenvalue weighted by Gasteiger charge is -2.27. The van der Waals surface area contributed by atoms with Gasteiger partial charge in [-0.05, 0) is 36.2 Å². The van der Waals surface area contributed by atoms with Crippen molar-refractivity contribution in [3.05, 3.63) is 58.6 Å². The molecule has 2 aromatic rings. The number of nitrogens with one attached hydrogen (secondary N) is 1. The summed E-state index contributed by atoms with van der Waals surface area (Å²) < 4.78 is 10.8. The number of ether oxygens (including phenoxy) is 2. The third-order valence-corrected chi connectivity index (χ3v) is 4.85. The largest absolute Gasteiger partial charge is 0.493 e. The molecule has 0 heterocycles. The maximum Gasteiger partial charge on any atom is 0.251 e. The fraction of sp³-hybridized carbons (Fsp3) is 0.364. The monoisotopic (exact) mass is 418 g/mol. The summed E-state index contributed by atoms with van der Waals surface area (Å²) in [4.78, 5) is 27.2. The van der Waals surface area contributed by atoms with Crippen LogP contribution in [0.2, 0.25) is 5.02 Å². The minimum atomic E-state index is -0.667. The molecule has 7 heteroatoms. The average molecular weight is 419 g/mol. The first-order valence-electron chi connectivity index (χ1n) is 9.29. The van der Waals surface area contributed by atoms with Gasteiger partial charge < -0.3 is 19.7 Å². The minimum absolute atomic E-state index is 0.0894. The maximum atomic E-state index is 13.1. The molecule has 156 valence electrons. The zero-order chi connectivity index (χ0) is 21.6. The summed E-state index contributed by atoms with van der Waals surface area (Å²) in [5.74, 6) is 0.588. The lowest BCUT2D eigenvalue weighted by molar-refractivity contribution is -0.133. The molecule has 0 aliphatic rings. The van der Waals surface area contributed by atoms with Crippen LogP contribution in [0.1, 0.15) is 29.8 Å². The number of likely N-dealkylation sites (N-methyl/N-ethyl adjacent to an activating group) is 1. The minimum Gasteiger partial charge on any atom is -0.493 e. The second kappa shape index (κ2) is 10.2. The van der Waals surface area contributed by atoms with Crippen molar-refractivity contribution in [1.29, 1.82) is 0 Å². The molecule has 1 N–H and O–H groups in total. The van der Waals surface area contributed by atoms with E-state index in [0.717, 1.165) is 5.56 Å². The molecule has 0 aliphatic heterocycles. The van der Waals surface area contributed by atoms with Crippen LogP contribution in [-0.4, -0.2) is 44.0 Å². The lowest BCUT2D eigenvalue weighted by atomic mass is 10.0. The summed E-state index contributed by atoms with van der Waals surface area (Å²) in [5.41, 5.74) is 1.26. The highest BCUT2D eigenvalue weighted by atomic mass is 35.5. The van der Waals surface area contributed by atoms with E-state index >= 15 is 0 Å². The molecule has 0 bridgehead atoms. The van der Waals surface area contributed by atoms with E-state index in [2.05, 4.69) is 5.32 Å². The van der Waals surface area contributed by atoms with Gasteiger partial charge in [-0.15, -0.1) is 0 Å². The standard InChI is InChI=1S/C22H27ClN2O4/c1-14(2)19(24-21(26)15-9-11-17(23)12-10-15)22(27)25(3)13-16-7-6-8-18(28-4)20(16)29-5/h6-12,14,19H,13H2,1-5H3,(H,24,26)/t19-/m0/s1. The number of para-hydroxylation sites is 1. The second-order valence-electron chi connectivity index (χ2n) is 7.05. The van der Waals surface area contributed by atoms with E-state index in [0.29, 0.717) is 28.6 Å². The molecule has 0 saturated carbocycles. The van der Waals surface area contributed by atoms with Crippen LogP contribution in [0.4, 0.5) is 0 Å². The highest BCUT2D eigenvalue weighted by Crippen LogP contribution is 2.31. The Balaban J connectivity index is 2.16. The van der Waals surface area contributed by atoms with E-state index in [4.69, 9.17) is 21.1 Å². The first kappa shape index (κ1) is 22.6. The molecule has 0 spiro atoms. The summed E-state index contributed by atoms with van der Waals surface area (Å²) >= 11 is 5.88. The molecule has 0 aliphatic carbocycles. The molecule has 0 fully saturated rings. The lowest BCUT2D eigenvalue weighted by Crippen LogP contribution is -2.50. The Hall–Kier alpha value is -2.73. The fourth-order valence-electron chi connectivity index (χ4n) is 2.99. The zero-order valence-electron chi connectivity index (χ0n) is 17.4. The summed E-state index contributed by atoms with van der Waals surface area (Å²) in [6, 6.07) is 11.4. The number of benzene rings is 2. The smallest absolute Gasteiger partial charge is 0.251 e. The van der Waals surface area contributed by atoms with E-state index in [-0.39, 0.29) is 17.7 Å². The Morgan fingerprint density at radius 1 is 1.07 bits per heavy atom. The molecule has 29 heavy (non-hydrogen) atoms. The Bertz CT molecular complexity index is 852. The number of rotatable bonds is 8. The summed E-state index contributed by atoms with van der Waals surface area (Å²) in [5, 5.41) is 3.39. The van der Waals surface area contributed by atoms with Gasteiger partial charge in [0.05, 0.1) is 14.2 Å². The van der Waals surface area contributed by atoms with Crippen LogP contribution in [0.3, 0.4) is 0 Å². The molecular formula is C22H27ClN2O4. The van der Waals surface area contributed by atoms with Crippen molar-refractivity contribution in [2.24, 2.45) is 5.92 Å². The van der Waals surface area contributed by atoms with Gasteiger partial charge in [0, 0.05) is 29.7 Å². The maximum absolute atomic E-state index is 13.1. The van der Waals surface area contributed by atoms with Gasteiger partial charge in [-0.3, -0.25) is 9.59 Å². The molecule has 0 saturated heterocycles. The highest BCUT2D eigenvalue weighted by Gasteiger charge is 2.28. The summed E-state index contributed by atoms with van der Waals surface area (Å²) in [6.45, 7) is 4.11. The predicted octanol–water partition coefficient (Wildman–Crippen LogP) is 3.77. The number of halogens is 1. The number of nitrogens with zero attached hydrogens (tertiary/aromatic N) is 1. The molecule has 0 radical (unpaired) electrons. The van der Waals surface area contributed by atoms with E-state index < -0.39 is 6.04 Å². The Morgan fingerprint density at radius 3 is 2.28 bits per heavy atom. The van der Waals surface area contributed by atoms with Gasteiger partial charge in [-0.1, -0.05) is 37.6 Å². The predicted molar refractivity (Wildman–Crippen MR) is 114 cm³/mol. The van der Waals surface area contributed by atoms with Gasteiger partial charge in [-0.25, -0.2) is 0 Å². The molecular weight excluding hydrogens is 392 g/mol. The van der Waals surface area contributed by atoms with E-state index in [1.807, 2.05) is 26.0 Å². The first-order valence-corrected chi connectivity index (χ1v) is 9.67. The molecule has 2 aromatic carbocycles. The third kappa shape index (κ3) is 5.64. The number of carbonyl (C=O) groups is 2. The number of methoxy groups -OCH3 is 2. The van der Waals surface area contributed by atoms with Crippen LogP contribution >= 0.6 is 11.6 Å². The summed E-state index contributed by atoms with van der Waals surface area (Å²) in [6.07, 6.45) is 0. The van der Waals surface area contributed by atoms with Crippen LogP contribution in [0.25, 0.3) is 0 Å². The Morgan fingerprint density at radius 2 is 1.72 bits per heavy atom. The van der Waals surface area contributed by atoms with Crippen molar-refractivity contribution >= 4 is 23.4 Å². The molecule has 0 aromatic heterocycles. The number of amides is 2. The van der Waals surface area contributed by atoms with Gasteiger partial charge >= 0.3 is 0 Å². The number of hydrogen-bond acceptors (Lipinski definition) is 4. The fourth-order valence-corrected chi connectivity index (χ4v) is 3.11. The van der Waals surface area contributed by atoms with Crippen LogP contribution in [0.15, 0.2) is 42.5 Å². The van der Waals surface area contributed by atoms with Gasteiger partial charge in [0.2, 0.25) is 5.91 Å². The van der Waals surface area contributed by atoms with E-state index in [1.54, 1.807) is 56.5 Å². The second-order valence-corrected chi connectivity index (χ2v) is 7.49. The number of carbonyl (C=O) groups excluding carboxylic acids is 2. The first-order chi connectivity index (χ1) is 13.8. The van der Waals surface area contributed by atoms with Gasteiger partial charge in [0.15, 0.2) is 11.5 Å². The van der Waals surface area contributed by atoms with E-state index in [1.165, 1.54) is 0 Å². The van der Waals surface area contributed by atoms with Gasteiger partial charge in [-0.2, -0.15) is 0 Å². The molecule has 1 atom stereocenters. The Kier molecular flexibility index (Phi) is 7.91. The molecule has 6 nitrogen and oxygen atoms in total. The summed E-state index contributed by atoms with van der Waals surface area (Å²) in [7, 11) is 4.83. The van der Waals surface area contributed by atoms with Crippen molar-refractivity contribution in [1.82, 2.24) is 10.2 Å². The zero-order valence-corrected chi connectivity index (χ0v) is 18.1. The van der Waals surface area contributed by atoms with Crippen molar-refractivity contribution in [3.8, 4) is 11.5 Å². The van der Waals surface area contributed by atoms with Gasteiger partial charge in [0.25, 0.3) is 5.91 Å².